The average Bonchev–Trinajstić information content (AvgIpc) is 2.99. The first-order chi connectivity index (χ1) is 12.0. The fraction of sp³-hybridized carbons (Fsp3) is 0.333. The van der Waals surface area contributed by atoms with Gasteiger partial charge in [0.2, 0.25) is 0 Å². The van der Waals surface area contributed by atoms with Gasteiger partial charge in [-0.05, 0) is 37.6 Å². The summed E-state index contributed by atoms with van der Waals surface area (Å²) in [4.78, 5) is 24.1. The number of carbonyl (C=O) groups excluding carboxylic acids is 2. The van der Waals surface area contributed by atoms with Crippen LogP contribution in [0.3, 0.4) is 0 Å². The summed E-state index contributed by atoms with van der Waals surface area (Å²) in [6.45, 7) is 1.94. The second-order valence-electron chi connectivity index (χ2n) is 5.92. The molecule has 0 spiro atoms. The van der Waals surface area contributed by atoms with E-state index in [0.717, 1.165) is 10.0 Å². The van der Waals surface area contributed by atoms with Crippen molar-refractivity contribution < 1.29 is 23.8 Å². The van der Waals surface area contributed by atoms with Gasteiger partial charge in [0.05, 0.1) is 24.9 Å². The van der Waals surface area contributed by atoms with Crippen LogP contribution in [-0.4, -0.2) is 25.5 Å². The lowest BCUT2D eigenvalue weighted by Gasteiger charge is -2.33. The summed E-state index contributed by atoms with van der Waals surface area (Å²) in [6.07, 6.45) is 2.67. The molecular formula is C18H18BrNO5. The minimum atomic E-state index is -0.785. The standard InChI is InChI=1S/C18H18BrNO5/c1-10-3-8-13-14(16(21)23-2)9-24-17(15(10)13)25-18(22)20-12-6-4-11(19)5-7-12/h3-7,9,13,15,17H,8H2,1-2H3,(H,20,22). The number of benzene rings is 1. The van der Waals surface area contributed by atoms with Crippen LogP contribution in [-0.2, 0) is 19.0 Å². The molecule has 6 nitrogen and oxygen atoms in total. The number of hydrogen-bond donors (Lipinski definition) is 1. The number of hydrogen-bond acceptors (Lipinski definition) is 5. The molecule has 0 bridgehead atoms. The Bertz CT molecular complexity index is 740. The molecule has 1 heterocycles. The molecule has 1 amide bonds. The first-order valence-corrected chi connectivity index (χ1v) is 8.62. The molecule has 1 aliphatic carbocycles. The molecule has 132 valence electrons. The van der Waals surface area contributed by atoms with E-state index in [1.54, 1.807) is 12.1 Å². The number of methoxy groups -OCH3 is 1. The van der Waals surface area contributed by atoms with Crippen molar-refractivity contribution >= 4 is 33.7 Å². The Hall–Kier alpha value is -2.28. The normalized spacial score (nSPS) is 24.4. The molecule has 1 aromatic carbocycles. The van der Waals surface area contributed by atoms with Crippen LogP contribution in [0.4, 0.5) is 10.5 Å². The van der Waals surface area contributed by atoms with Gasteiger partial charge in [0.1, 0.15) is 0 Å². The highest BCUT2D eigenvalue weighted by Gasteiger charge is 2.44. The molecule has 3 atom stereocenters. The van der Waals surface area contributed by atoms with E-state index in [4.69, 9.17) is 14.2 Å². The fourth-order valence-corrected chi connectivity index (χ4v) is 3.42. The second kappa shape index (κ2) is 7.31. The van der Waals surface area contributed by atoms with Gasteiger partial charge in [0.15, 0.2) is 0 Å². The summed E-state index contributed by atoms with van der Waals surface area (Å²) in [7, 11) is 1.33. The predicted molar refractivity (Wildman–Crippen MR) is 94.6 cm³/mol. The van der Waals surface area contributed by atoms with E-state index < -0.39 is 18.4 Å². The third-order valence-corrected chi connectivity index (χ3v) is 4.94. The van der Waals surface area contributed by atoms with Crippen molar-refractivity contribution in [1.82, 2.24) is 0 Å². The smallest absolute Gasteiger partial charge is 0.414 e. The van der Waals surface area contributed by atoms with Crippen molar-refractivity contribution in [3.8, 4) is 0 Å². The Labute approximate surface area is 154 Å². The molecule has 0 aromatic heterocycles. The van der Waals surface area contributed by atoms with Crippen LogP contribution >= 0.6 is 15.9 Å². The summed E-state index contributed by atoms with van der Waals surface area (Å²) in [6, 6.07) is 7.15. The highest BCUT2D eigenvalue weighted by molar-refractivity contribution is 9.10. The van der Waals surface area contributed by atoms with E-state index in [2.05, 4.69) is 21.2 Å². The van der Waals surface area contributed by atoms with Crippen molar-refractivity contribution in [2.45, 2.75) is 19.6 Å². The SMILES string of the molecule is COC(=O)C1=COC(OC(=O)Nc2ccc(Br)cc2)C2C(C)=CCC12. The fourth-order valence-electron chi connectivity index (χ4n) is 3.15. The molecule has 0 radical (unpaired) electrons. The van der Waals surface area contributed by atoms with Crippen molar-refractivity contribution in [3.05, 3.63) is 52.2 Å². The Morgan fingerprint density at radius 3 is 2.68 bits per heavy atom. The van der Waals surface area contributed by atoms with E-state index in [1.807, 2.05) is 25.1 Å². The maximum atomic E-state index is 12.2. The Morgan fingerprint density at radius 2 is 2.00 bits per heavy atom. The Balaban J connectivity index is 1.70. The molecular weight excluding hydrogens is 390 g/mol. The van der Waals surface area contributed by atoms with Crippen LogP contribution in [0.2, 0.25) is 0 Å². The molecule has 0 saturated carbocycles. The maximum Gasteiger partial charge on any atom is 0.414 e. The lowest BCUT2D eigenvalue weighted by molar-refractivity contribution is -0.141. The molecule has 0 fully saturated rings. The van der Waals surface area contributed by atoms with Crippen LogP contribution in [0.5, 0.6) is 0 Å². The number of halogens is 1. The maximum absolute atomic E-state index is 12.2. The van der Waals surface area contributed by atoms with Gasteiger partial charge in [-0.1, -0.05) is 27.6 Å². The third kappa shape index (κ3) is 3.71. The largest absolute Gasteiger partial charge is 0.466 e. The van der Waals surface area contributed by atoms with Gasteiger partial charge >= 0.3 is 12.1 Å². The van der Waals surface area contributed by atoms with E-state index in [1.165, 1.54) is 13.4 Å². The van der Waals surface area contributed by atoms with Gasteiger partial charge in [0.25, 0.3) is 6.29 Å². The van der Waals surface area contributed by atoms with Crippen LogP contribution in [0.15, 0.2) is 52.2 Å². The quantitative estimate of drug-likeness (QED) is 0.605. The van der Waals surface area contributed by atoms with Crippen LogP contribution < -0.4 is 5.32 Å². The highest BCUT2D eigenvalue weighted by atomic mass is 79.9. The highest BCUT2D eigenvalue weighted by Crippen LogP contribution is 2.43. The third-order valence-electron chi connectivity index (χ3n) is 4.41. The average molecular weight is 408 g/mol. The minimum absolute atomic E-state index is 0.105. The number of amides is 1. The van der Waals surface area contributed by atoms with Gasteiger partial charge in [-0.2, -0.15) is 0 Å². The number of fused-ring (bicyclic) bond motifs is 1. The lowest BCUT2D eigenvalue weighted by Crippen LogP contribution is -2.38. The molecule has 1 aliphatic heterocycles. The molecule has 0 saturated heterocycles. The Kier molecular flexibility index (Phi) is 5.13. The van der Waals surface area contributed by atoms with Gasteiger partial charge in [0, 0.05) is 16.1 Å². The molecule has 3 rings (SSSR count). The summed E-state index contributed by atoms with van der Waals surface area (Å²) >= 11 is 3.34. The summed E-state index contributed by atoms with van der Waals surface area (Å²) in [5.74, 6) is -0.725. The monoisotopic (exact) mass is 407 g/mol. The zero-order valence-corrected chi connectivity index (χ0v) is 15.4. The first-order valence-electron chi connectivity index (χ1n) is 7.83. The number of ether oxygens (including phenoxy) is 3. The van der Waals surface area contributed by atoms with Crippen LogP contribution in [0.1, 0.15) is 13.3 Å². The summed E-state index contributed by atoms with van der Waals surface area (Å²) < 4.78 is 16.7. The molecule has 1 N–H and O–H groups in total. The van der Waals surface area contributed by atoms with Gasteiger partial charge in [-0.3, -0.25) is 5.32 Å². The lowest BCUT2D eigenvalue weighted by atomic mass is 9.84. The van der Waals surface area contributed by atoms with E-state index in [9.17, 15) is 9.59 Å². The zero-order chi connectivity index (χ0) is 18.0. The number of allylic oxidation sites excluding steroid dienone is 1. The Morgan fingerprint density at radius 1 is 1.28 bits per heavy atom. The van der Waals surface area contributed by atoms with E-state index >= 15 is 0 Å². The molecule has 7 heteroatoms. The number of esters is 1. The molecule has 3 unspecified atom stereocenters. The van der Waals surface area contributed by atoms with Crippen molar-refractivity contribution in [1.29, 1.82) is 0 Å². The second-order valence-corrected chi connectivity index (χ2v) is 6.84. The van der Waals surface area contributed by atoms with Gasteiger partial charge < -0.3 is 14.2 Å². The predicted octanol–water partition coefficient (Wildman–Crippen LogP) is 3.99. The van der Waals surface area contributed by atoms with Crippen molar-refractivity contribution in [2.24, 2.45) is 11.8 Å². The number of carbonyl (C=O) groups is 2. The summed E-state index contributed by atoms with van der Waals surface area (Å²) in [5, 5.41) is 2.66. The van der Waals surface area contributed by atoms with Gasteiger partial charge in [-0.25, -0.2) is 9.59 Å². The van der Waals surface area contributed by atoms with Crippen LogP contribution in [0, 0.1) is 11.8 Å². The molecule has 2 aliphatic rings. The van der Waals surface area contributed by atoms with Crippen molar-refractivity contribution in [2.75, 3.05) is 12.4 Å². The molecule has 25 heavy (non-hydrogen) atoms. The zero-order valence-electron chi connectivity index (χ0n) is 13.8. The topological polar surface area (TPSA) is 73.9 Å². The number of anilines is 1. The van der Waals surface area contributed by atoms with Crippen LogP contribution in [0.25, 0.3) is 0 Å². The minimum Gasteiger partial charge on any atom is -0.466 e. The first kappa shape index (κ1) is 17.5. The van der Waals surface area contributed by atoms with E-state index in [0.29, 0.717) is 17.7 Å². The summed E-state index contributed by atoms with van der Waals surface area (Å²) in [5.41, 5.74) is 2.11. The number of rotatable bonds is 3. The number of nitrogens with one attached hydrogen (secondary N) is 1. The van der Waals surface area contributed by atoms with Crippen molar-refractivity contribution in [3.63, 3.8) is 0 Å². The van der Waals surface area contributed by atoms with E-state index in [-0.39, 0.29) is 11.8 Å². The molecule has 1 aromatic rings. The van der Waals surface area contributed by atoms with Gasteiger partial charge in [-0.15, -0.1) is 0 Å².